The summed E-state index contributed by atoms with van der Waals surface area (Å²) in [6, 6.07) is 4.75. The van der Waals surface area contributed by atoms with Gasteiger partial charge < -0.3 is 20.3 Å². The van der Waals surface area contributed by atoms with Crippen molar-refractivity contribution in [2.75, 3.05) is 23.8 Å². The number of hydrogen-bond donors (Lipinski definition) is 2. The molecule has 3 rings (SSSR count). The molecule has 0 bridgehead atoms. The second-order valence-corrected chi connectivity index (χ2v) is 6.73. The quantitative estimate of drug-likeness (QED) is 0.834. The fraction of sp³-hybridized carbons (Fsp3) is 0.533. The predicted molar refractivity (Wildman–Crippen MR) is 82.1 cm³/mol. The van der Waals surface area contributed by atoms with Gasteiger partial charge in [-0.1, -0.05) is 0 Å². The van der Waals surface area contributed by atoms with Gasteiger partial charge in [0.15, 0.2) is 0 Å². The van der Waals surface area contributed by atoms with Gasteiger partial charge in [-0.25, -0.2) is 4.79 Å². The molecule has 21 heavy (non-hydrogen) atoms. The van der Waals surface area contributed by atoms with E-state index in [9.17, 15) is 9.90 Å². The van der Waals surface area contributed by atoms with Gasteiger partial charge in [-0.3, -0.25) is 0 Å². The summed E-state index contributed by atoms with van der Waals surface area (Å²) in [4.78, 5) is 11.3. The Morgan fingerprint density at radius 2 is 2.38 bits per heavy atom. The number of anilines is 1. The highest BCUT2D eigenvalue weighted by atomic mass is 32.2. The van der Waals surface area contributed by atoms with Gasteiger partial charge in [-0.05, 0) is 30.4 Å². The van der Waals surface area contributed by atoms with Gasteiger partial charge in [0.25, 0.3) is 0 Å². The van der Waals surface area contributed by atoms with Gasteiger partial charge in [0.2, 0.25) is 0 Å². The van der Waals surface area contributed by atoms with Crippen molar-refractivity contribution >= 4 is 23.4 Å². The summed E-state index contributed by atoms with van der Waals surface area (Å²) in [6.07, 6.45) is 2.66. The molecule has 1 aromatic carbocycles. The van der Waals surface area contributed by atoms with Crippen molar-refractivity contribution in [1.29, 1.82) is 0 Å². The minimum atomic E-state index is -1.02. The van der Waals surface area contributed by atoms with E-state index in [-0.39, 0.29) is 17.3 Å². The lowest BCUT2D eigenvalue weighted by Gasteiger charge is -2.37. The van der Waals surface area contributed by atoms with Gasteiger partial charge in [0.05, 0.1) is 12.2 Å². The molecule has 2 aliphatic heterocycles. The summed E-state index contributed by atoms with van der Waals surface area (Å²) in [5, 5.41) is 9.26. The van der Waals surface area contributed by atoms with Crippen molar-refractivity contribution in [2.45, 2.75) is 31.0 Å². The third-order valence-corrected chi connectivity index (χ3v) is 5.27. The monoisotopic (exact) mass is 309 g/mol. The second kappa shape index (κ2) is 5.77. The predicted octanol–water partition coefficient (Wildman–Crippen LogP) is 2.40. The van der Waals surface area contributed by atoms with E-state index in [4.69, 9.17) is 15.2 Å². The molecule has 1 aromatic rings. The summed E-state index contributed by atoms with van der Waals surface area (Å²) in [7, 11) is 0. The Labute approximate surface area is 127 Å². The number of nitrogens with two attached hydrogens (primary N) is 1. The number of ether oxygens (including phenoxy) is 2. The molecule has 0 aromatic heterocycles. The average molecular weight is 309 g/mol. The van der Waals surface area contributed by atoms with E-state index in [0.29, 0.717) is 18.0 Å². The third kappa shape index (κ3) is 3.11. The second-order valence-electron chi connectivity index (χ2n) is 5.63. The molecule has 2 atom stereocenters. The van der Waals surface area contributed by atoms with Crippen LogP contribution in [0, 0.1) is 0 Å². The largest absolute Gasteiger partial charge is 0.489 e. The SMILES string of the molecule is Nc1ccc(OC2CCOC3(CCSC3)C2)c(C(=O)O)c1. The Balaban J connectivity index is 1.75. The summed E-state index contributed by atoms with van der Waals surface area (Å²) in [5.74, 6) is 1.50. The molecule has 0 amide bonds. The molecule has 2 aliphatic rings. The molecule has 2 saturated heterocycles. The lowest BCUT2D eigenvalue weighted by atomic mass is 9.91. The van der Waals surface area contributed by atoms with Gasteiger partial charge in [-0.2, -0.15) is 11.8 Å². The first-order chi connectivity index (χ1) is 10.1. The van der Waals surface area contributed by atoms with Crippen LogP contribution >= 0.6 is 11.8 Å². The molecule has 0 radical (unpaired) electrons. The van der Waals surface area contributed by atoms with Crippen molar-refractivity contribution in [3.63, 3.8) is 0 Å². The Hall–Kier alpha value is -1.40. The Bertz CT molecular complexity index is 542. The molecule has 2 heterocycles. The molecule has 2 unspecified atom stereocenters. The number of rotatable bonds is 3. The number of aromatic carboxylic acids is 1. The van der Waals surface area contributed by atoms with Crippen molar-refractivity contribution in [3.05, 3.63) is 23.8 Å². The molecule has 2 fully saturated rings. The fourth-order valence-electron chi connectivity index (χ4n) is 2.94. The summed E-state index contributed by atoms with van der Waals surface area (Å²) >= 11 is 1.91. The Morgan fingerprint density at radius 3 is 3.10 bits per heavy atom. The first-order valence-electron chi connectivity index (χ1n) is 7.09. The first-order valence-corrected chi connectivity index (χ1v) is 8.25. The van der Waals surface area contributed by atoms with Crippen LogP contribution in [0.1, 0.15) is 29.6 Å². The molecule has 0 saturated carbocycles. The highest BCUT2D eigenvalue weighted by Crippen LogP contribution is 2.39. The maximum absolute atomic E-state index is 11.3. The number of carboxylic acid groups (broad SMARTS) is 1. The van der Waals surface area contributed by atoms with Crippen molar-refractivity contribution < 1.29 is 19.4 Å². The molecule has 5 nitrogen and oxygen atoms in total. The van der Waals surface area contributed by atoms with Crippen LogP contribution in [0.15, 0.2) is 18.2 Å². The zero-order valence-electron chi connectivity index (χ0n) is 11.7. The Kier molecular flexibility index (Phi) is 3.99. The maximum Gasteiger partial charge on any atom is 0.339 e. The molecular weight excluding hydrogens is 290 g/mol. The van der Waals surface area contributed by atoms with Crippen LogP contribution < -0.4 is 10.5 Å². The minimum Gasteiger partial charge on any atom is -0.489 e. The number of benzene rings is 1. The van der Waals surface area contributed by atoms with Crippen molar-refractivity contribution in [2.24, 2.45) is 0 Å². The van der Waals surface area contributed by atoms with Gasteiger partial charge in [0, 0.05) is 24.3 Å². The highest BCUT2D eigenvalue weighted by Gasteiger charge is 2.41. The zero-order chi connectivity index (χ0) is 14.9. The van der Waals surface area contributed by atoms with Crippen LogP contribution in [-0.2, 0) is 4.74 Å². The van der Waals surface area contributed by atoms with Crippen LogP contribution in [0.5, 0.6) is 5.75 Å². The standard InChI is InChI=1S/C15H19NO4S/c16-10-1-2-13(12(7-10)14(17)18)20-11-3-5-19-15(8-11)4-6-21-9-15/h1-2,7,11H,3-6,8-9,16H2,(H,17,18). The van der Waals surface area contributed by atoms with Crippen molar-refractivity contribution in [3.8, 4) is 5.75 Å². The summed E-state index contributed by atoms with van der Waals surface area (Å²) in [5.41, 5.74) is 6.12. The molecule has 3 N–H and O–H groups in total. The van der Waals surface area contributed by atoms with E-state index < -0.39 is 5.97 Å². The van der Waals surface area contributed by atoms with E-state index in [2.05, 4.69) is 0 Å². The van der Waals surface area contributed by atoms with Gasteiger partial charge in [-0.15, -0.1) is 0 Å². The van der Waals surface area contributed by atoms with Gasteiger partial charge in [0.1, 0.15) is 17.4 Å². The van der Waals surface area contributed by atoms with Crippen LogP contribution in [-0.4, -0.2) is 40.9 Å². The zero-order valence-corrected chi connectivity index (χ0v) is 12.5. The van der Waals surface area contributed by atoms with E-state index in [1.807, 2.05) is 11.8 Å². The number of thioether (sulfide) groups is 1. The molecule has 6 heteroatoms. The van der Waals surface area contributed by atoms with E-state index in [0.717, 1.165) is 30.8 Å². The molecular formula is C15H19NO4S. The normalized spacial score (nSPS) is 28.7. The molecule has 0 aliphatic carbocycles. The van der Waals surface area contributed by atoms with Crippen LogP contribution in [0.4, 0.5) is 5.69 Å². The van der Waals surface area contributed by atoms with E-state index in [1.165, 1.54) is 6.07 Å². The third-order valence-electron chi connectivity index (χ3n) is 4.04. The molecule has 1 spiro atoms. The van der Waals surface area contributed by atoms with Gasteiger partial charge >= 0.3 is 5.97 Å². The first kappa shape index (κ1) is 14.5. The highest BCUT2D eigenvalue weighted by molar-refractivity contribution is 7.99. The lowest BCUT2D eigenvalue weighted by Crippen LogP contribution is -2.44. The minimum absolute atomic E-state index is 0.000764. The number of carboxylic acids is 1. The van der Waals surface area contributed by atoms with Crippen LogP contribution in [0.2, 0.25) is 0 Å². The average Bonchev–Trinajstić information content (AvgIpc) is 2.88. The number of hydrogen-bond acceptors (Lipinski definition) is 5. The summed E-state index contributed by atoms with van der Waals surface area (Å²) < 4.78 is 11.9. The summed E-state index contributed by atoms with van der Waals surface area (Å²) in [6.45, 7) is 0.669. The Morgan fingerprint density at radius 1 is 1.52 bits per heavy atom. The fourth-order valence-corrected chi connectivity index (χ4v) is 4.32. The lowest BCUT2D eigenvalue weighted by molar-refractivity contribution is -0.0959. The van der Waals surface area contributed by atoms with Crippen molar-refractivity contribution in [1.82, 2.24) is 0 Å². The topological polar surface area (TPSA) is 81.8 Å². The van der Waals surface area contributed by atoms with Crippen LogP contribution in [0.25, 0.3) is 0 Å². The van der Waals surface area contributed by atoms with Crippen LogP contribution in [0.3, 0.4) is 0 Å². The maximum atomic E-state index is 11.3. The smallest absolute Gasteiger partial charge is 0.339 e. The van der Waals surface area contributed by atoms with E-state index in [1.54, 1.807) is 12.1 Å². The number of nitrogen functional groups attached to an aromatic ring is 1. The number of carbonyl (C=O) groups is 1. The molecule has 114 valence electrons. The van der Waals surface area contributed by atoms with E-state index >= 15 is 0 Å².